The first-order valence-corrected chi connectivity index (χ1v) is 9.50. The van der Waals surface area contributed by atoms with Gasteiger partial charge in [0.25, 0.3) is 0 Å². The first-order chi connectivity index (χ1) is 14.4. The number of benzene rings is 1. The molecular formula is C22H25N3O5. The van der Waals surface area contributed by atoms with Gasteiger partial charge in [-0.05, 0) is 31.5 Å². The number of hydrogen-bond acceptors (Lipinski definition) is 7. The SMILES string of the molecule is CCOC(=O)C1=C(OC)N(C)C(C)=C(C(=O)OC)C1c1cccc(-n2ccnc2)c1. The third kappa shape index (κ3) is 3.68. The standard InChI is InChI=1S/C22H25N3O5/c1-6-30-22(27)19-18(15-8-7-9-16(12-15)25-11-10-23-13-25)17(21(26)29-5)14(2)24(3)20(19)28-4/h7-13,18H,6H2,1-5H3. The lowest BCUT2D eigenvalue weighted by Gasteiger charge is -2.35. The van der Waals surface area contributed by atoms with E-state index in [1.54, 1.807) is 38.3 Å². The highest BCUT2D eigenvalue weighted by Gasteiger charge is 2.41. The molecule has 0 fully saturated rings. The van der Waals surface area contributed by atoms with E-state index >= 15 is 0 Å². The van der Waals surface area contributed by atoms with Gasteiger partial charge in [-0.15, -0.1) is 0 Å². The van der Waals surface area contributed by atoms with Crippen LogP contribution in [-0.4, -0.2) is 54.3 Å². The van der Waals surface area contributed by atoms with Crippen LogP contribution >= 0.6 is 0 Å². The minimum Gasteiger partial charge on any atom is -0.482 e. The molecule has 1 atom stereocenters. The summed E-state index contributed by atoms with van der Waals surface area (Å²) in [6.07, 6.45) is 5.18. The first-order valence-electron chi connectivity index (χ1n) is 9.50. The number of nitrogens with zero attached hydrogens (tertiary/aromatic N) is 3. The fourth-order valence-corrected chi connectivity index (χ4v) is 3.64. The number of esters is 2. The molecule has 2 heterocycles. The van der Waals surface area contributed by atoms with Crippen LogP contribution in [0.5, 0.6) is 0 Å². The van der Waals surface area contributed by atoms with Gasteiger partial charge < -0.3 is 23.7 Å². The maximum absolute atomic E-state index is 13.0. The van der Waals surface area contributed by atoms with Crippen molar-refractivity contribution in [1.29, 1.82) is 0 Å². The van der Waals surface area contributed by atoms with E-state index in [1.165, 1.54) is 14.2 Å². The Kier molecular flexibility index (Phi) is 6.25. The number of rotatable bonds is 6. The second-order valence-corrected chi connectivity index (χ2v) is 6.69. The van der Waals surface area contributed by atoms with Crippen molar-refractivity contribution in [1.82, 2.24) is 14.5 Å². The smallest absolute Gasteiger partial charge is 0.340 e. The van der Waals surface area contributed by atoms with E-state index < -0.39 is 17.9 Å². The lowest BCUT2D eigenvalue weighted by atomic mass is 9.81. The molecule has 1 aromatic carbocycles. The van der Waals surface area contributed by atoms with Crippen LogP contribution in [0.2, 0.25) is 0 Å². The maximum Gasteiger partial charge on any atom is 0.340 e. The number of methoxy groups -OCH3 is 2. The molecule has 0 amide bonds. The summed E-state index contributed by atoms with van der Waals surface area (Å²) < 4.78 is 17.8. The van der Waals surface area contributed by atoms with Crippen LogP contribution in [-0.2, 0) is 23.8 Å². The second kappa shape index (κ2) is 8.86. The van der Waals surface area contributed by atoms with E-state index in [0.717, 1.165) is 11.3 Å². The van der Waals surface area contributed by atoms with Crippen molar-refractivity contribution in [2.24, 2.45) is 0 Å². The quantitative estimate of drug-likeness (QED) is 0.676. The van der Waals surface area contributed by atoms with Gasteiger partial charge in [0, 0.05) is 30.8 Å². The molecule has 1 unspecified atom stereocenters. The molecule has 0 bridgehead atoms. The molecule has 0 saturated heterocycles. The molecule has 1 aliphatic rings. The molecule has 158 valence electrons. The molecule has 0 spiro atoms. The van der Waals surface area contributed by atoms with Gasteiger partial charge in [0.15, 0.2) is 0 Å². The topological polar surface area (TPSA) is 82.9 Å². The normalized spacial score (nSPS) is 16.6. The zero-order valence-corrected chi connectivity index (χ0v) is 17.7. The lowest BCUT2D eigenvalue weighted by molar-refractivity contribution is -0.139. The molecule has 0 N–H and O–H groups in total. The van der Waals surface area contributed by atoms with Crippen molar-refractivity contribution in [2.45, 2.75) is 19.8 Å². The predicted octanol–water partition coefficient (Wildman–Crippen LogP) is 2.77. The molecule has 3 rings (SSSR count). The number of carbonyl (C=O) groups is 2. The van der Waals surface area contributed by atoms with E-state index in [0.29, 0.717) is 17.2 Å². The van der Waals surface area contributed by atoms with Gasteiger partial charge in [-0.2, -0.15) is 0 Å². The van der Waals surface area contributed by atoms with Gasteiger partial charge in [0.05, 0.1) is 38.6 Å². The Morgan fingerprint density at radius 1 is 1.17 bits per heavy atom. The molecule has 8 heteroatoms. The fraction of sp³-hybridized carbons (Fsp3) is 0.318. The highest BCUT2D eigenvalue weighted by Crippen LogP contribution is 2.42. The fourth-order valence-electron chi connectivity index (χ4n) is 3.64. The molecular weight excluding hydrogens is 386 g/mol. The zero-order chi connectivity index (χ0) is 21.8. The molecule has 0 saturated carbocycles. The van der Waals surface area contributed by atoms with E-state index in [1.807, 2.05) is 35.0 Å². The summed E-state index contributed by atoms with van der Waals surface area (Å²) in [4.78, 5) is 31.5. The predicted molar refractivity (Wildman–Crippen MR) is 109 cm³/mol. The van der Waals surface area contributed by atoms with Crippen LogP contribution in [0.4, 0.5) is 0 Å². The molecule has 2 aromatic rings. The maximum atomic E-state index is 13.0. The third-order valence-corrected chi connectivity index (χ3v) is 5.11. The van der Waals surface area contributed by atoms with Crippen LogP contribution in [0.1, 0.15) is 25.3 Å². The van der Waals surface area contributed by atoms with E-state index in [2.05, 4.69) is 4.98 Å². The van der Waals surface area contributed by atoms with E-state index in [-0.39, 0.29) is 12.2 Å². The number of imidazole rings is 1. The Bertz CT molecular complexity index is 1010. The largest absolute Gasteiger partial charge is 0.482 e. The van der Waals surface area contributed by atoms with Crippen LogP contribution < -0.4 is 0 Å². The summed E-state index contributed by atoms with van der Waals surface area (Å²) in [7, 11) is 4.54. The third-order valence-electron chi connectivity index (χ3n) is 5.11. The van der Waals surface area contributed by atoms with Crippen LogP contribution in [0.25, 0.3) is 5.69 Å². The average molecular weight is 411 g/mol. The van der Waals surface area contributed by atoms with Crippen molar-refractivity contribution >= 4 is 11.9 Å². The Labute approximate surface area is 175 Å². The van der Waals surface area contributed by atoms with Crippen molar-refractivity contribution in [3.05, 3.63) is 71.3 Å². The second-order valence-electron chi connectivity index (χ2n) is 6.69. The van der Waals surface area contributed by atoms with Crippen molar-refractivity contribution < 1.29 is 23.8 Å². The van der Waals surface area contributed by atoms with E-state index in [9.17, 15) is 9.59 Å². The van der Waals surface area contributed by atoms with Crippen LogP contribution in [0.15, 0.2) is 65.7 Å². The van der Waals surface area contributed by atoms with Gasteiger partial charge in [0.1, 0.15) is 5.57 Å². The minimum atomic E-state index is -0.717. The zero-order valence-electron chi connectivity index (χ0n) is 17.7. The monoisotopic (exact) mass is 411 g/mol. The summed E-state index contributed by atoms with van der Waals surface area (Å²) in [5.74, 6) is -1.45. The van der Waals surface area contributed by atoms with Crippen molar-refractivity contribution in [3.8, 4) is 5.69 Å². The minimum absolute atomic E-state index is 0.196. The molecule has 0 aliphatic carbocycles. The number of allylic oxidation sites excluding steroid dienone is 1. The van der Waals surface area contributed by atoms with Crippen LogP contribution in [0, 0.1) is 0 Å². The Morgan fingerprint density at radius 2 is 1.93 bits per heavy atom. The number of hydrogen-bond donors (Lipinski definition) is 0. The van der Waals surface area contributed by atoms with Gasteiger partial charge in [0.2, 0.25) is 5.88 Å². The highest BCUT2D eigenvalue weighted by molar-refractivity contribution is 5.99. The molecule has 1 aromatic heterocycles. The molecule has 30 heavy (non-hydrogen) atoms. The number of carbonyl (C=O) groups excluding carboxylic acids is 2. The first kappa shape index (κ1) is 21.2. The Morgan fingerprint density at radius 3 is 2.53 bits per heavy atom. The molecule has 0 radical (unpaired) electrons. The van der Waals surface area contributed by atoms with Gasteiger partial charge in [-0.1, -0.05) is 12.1 Å². The number of ether oxygens (including phenoxy) is 3. The molecule has 1 aliphatic heterocycles. The molecule has 8 nitrogen and oxygen atoms in total. The summed E-state index contributed by atoms with van der Waals surface area (Å²) in [5, 5.41) is 0. The summed E-state index contributed by atoms with van der Waals surface area (Å²) in [6.45, 7) is 3.72. The Hall–Kier alpha value is -3.55. The van der Waals surface area contributed by atoms with Gasteiger partial charge in [-0.25, -0.2) is 14.6 Å². The number of aromatic nitrogens is 2. The van der Waals surface area contributed by atoms with Crippen LogP contribution in [0.3, 0.4) is 0 Å². The summed E-state index contributed by atoms with van der Waals surface area (Å²) >= 11 is 0. The average Bonchev–Trinajstić information content (AvgIpc) is 3.29. The van der Waals surface area contributed by atoms with Gasteiger partial charge >= 0.3 is 11.9 Å². The van der Waals surface area contributed by atoms with Gasteiger partial charge in [-0.3, -0.25) is 0 Å². The highest BCUT2D eigenvalue weighted by atomic mass is 16.5. The summed E-state index contributed by atoms with van der Waals surface area (Å²) in [6, 6.07) is 7.54. The van der Waals surface area contributed by atoms with Crippen molar-refractivity contribution in [3.63, 3.8) is 0 Å². The Balaban J connectivity index is 2.26. The van der Waals surface area contributed by atoms with Crippen molar-refractivity contribution in [2.75, 3.05) is 27.9 Å². The van der Waals surface area contributed by atoms with E-state index in [4.69, 9.17) is 14.2 Å². The lowest BCUT2D eigenvalue weighted by Crippen LogP contribution is -2.35. The summed E-state index contributed by atoms with van der Waals surface area (Å²) in [5.41, 5.74) is 2.80.